The summed E-state index contributed by atoms with van der Waals surface area (Å²) in [5, 5.41) is 14.3. The SMILES string of the molecule is CC1CN(c2cc(N3CCN(CC4=C(c5ccc(Cl)cc5)CC(C)(C)CC4)CC3)ccc2C(=O)NS(=O)(=O)c2cc([N+](=O)[O-])c3[nH]c(CN4CCOCC4)cc3c2)c2cc3cc[nH]c3nc2O1. The maximum Gasteiger partial charge on any atom is 0.294 e. The molecule has 3 aromatic heterocycles. The van der Waals surface area contributed by atoms with Gasteiger partial charge in [-0.3, -0.25) is 24.7 Å². The number of anilines is 3. The number of aromatic nitrogens is 3. The fourth-order valence-electron chi connectivity index (χ4n) is 9.95. The molecule has 1 unspecified atom stereocenters. The van der Waals surface area contributed by atoms with Crippen LogP contribution in [0.15, 0.2) is 89.5 Å². The Kier molecular flexibility index (Phi) is 12.0. The third kappa shape index (κ3) is 9.35. The van der Waals surface area contributed by atoms with Gasteiger partial charge in [0.05, 0.1) is 40.8 Å². The number of ether oxygens (including phenoxy) is 2. The van der Waals surface area contributed by atoms with Crippen LogP contribution in [0, 0.1) is 15.5 Å². The molecule has 6 heterocycles. The Morgan fingerprint density at radius 2 is 1.70 bits per heavy atom. The fourth-order valence-corrected chi connectivity index (χ4v) is 11.1. The van der Waals surface area contributed by atoms with Gasteiger partial charge in [0.25, 0.3) is 21.6 Å². The number of hydrogen-bond donors (Lipinski definition) is 3. The van der Waals surface area contributed by atoms with Crippen LogP contribution in [0.25, 0.3) is 27.5 Å². The number of piperazine rings is 1. The van der Waals surface area contributed by atoms with Crippen LogP contribution in [0.1, 0.15) is 61.6 Å². The molecule has 4 aliphatic rings. The average molecular weight is 949 g/mol. The predicted molar refractivity (Wildman–Crippen MR) is 260 cm³/mol. The minimum atomic E-state index is -4.62. The van der Waals surface area contributed by atoms with Gasteiger partial charge in [0.2, 0.25) is 5.88 Å². The van der Waals surface area contributed by atoms with Crippen LogP contribution in [-0.4, -0.2) is 116 Å². The lowest BCUT2D eigenvalue weighted by Gasteiger charge is -2.40. The first-order chi connectivity index (χ1) is 32.2. The van der Waals surface area contributed by atoms with Gasteiger partial charge >= 0.3 is 0 Å². The van der Waals surface area contributed by atoms with Gasteiger partial charge in [-0.25, -0.2) is 13.1 Å². The van der Waals surface area contributed by atoms with Gasteiger partial charge in [0.15, 0.2) is 0 Å². The van der Waals surface area contributed by atoms with Crippen LogP contribution in [0.3, 0.4) is 0 Å². The van der Waals surface area contributed by atoms with Crippen molar-refractivity contribution in [1.82, 2.24) is 29.5 Å². The topological polar surface area (TPSA) is 182 Å². The number of benzene rings is 3. The highest BCUT2D eigenvalue weighted by Gasteiger charge is 2.34. The average Bonchev–Trinajstić information content (AvgIpc) is 3.95. The highest BCUT2D eigenvalue weighted by Crippen LogP contribution is 2.44. The van der Waals surface area contributed by atoms with Crippen molar-refractivity contribution in [3.05, 3.63) is 117 Å². The van der Waals surface area contributed by atoms with Gasteiger partial charge in [-0.2, -0.15) is 4.98 Å². The van der Waals surface area contributed by atoms with Crippen molar-refractivity contribution in [3.63, 3.8) is 0 Å². The molecule has 67 heavy (non-hydrogen) atoms. The number of halogens is 1. The number of non-ortho nitro benzene ring substituents is 1. The van der Waals surface area contributed by atoms with Crippen LogP contribution in [0.4, 0.5) is 22.7 Å². The Bertz CT molecular complexity index is 3030. The van der Waals surface area contributed by atoms with Crippen molar-refractivity contribution in [2.45, 2.75) is 57.6 Å². The molecular formula is C49H54ClN9O7S. The van der Waals surface area contributed by atoms with E-state index in [-0.39, 0.29) is 22.6 Å². The maximum atomic E-state index is 14.5. The molecule has 1 atom stereocenters. The normalized spacial score (nSPS) is 19.4. The number of allylic oxidation sites excluding steroid dienone is 1. The van der Waals surface area contributed by atoms with Crippen molar-refractivity contribution in [2.24, 2.45) is 5.41 Å². The molecule has 0 saturated carbocycles. The van der Waals surface area contributed by atoms with E-state index in [9.17, 15) is 23.3 Å². The summed E-state index contributed by atoms with van der Waals surface area (Å²) < 4.78 is 42.3. The van der Waals surface area contributed by atoms with Gasteiger partial charge in [0.1, 0.15) is 23.0 Å². The lowest BCUT2D eigenvalue weighted by atomic mass is 9.72. The number of nitrogens with zero attached hydrogens (tertiary/aromatic N) is 6. The zero-order chi connectivity index (χ0) is 46.6. The third-order valence-corrected chi connectivity index (χ3v) is 15.1. The minimum Gasteiger partial charge on any atom is -0.471 e. The molecule has 1 amide bonds. The molecule has 2 fully saturated rings. The van der Waals surface area contributed by atoms with E-state index in [0.717, 1.165) is 74.1 Å². The van der Waals surface area contributed by atoms with Crippen molar-refractivity contribution in [2.75, 3.05) is 75.4 Å². The van der Waals surface area contributed by atoms with Gasteiger partial charge in [-0.15, -0.1) is 0 Å². The number of H-pyrrole nitrogens is 2. The molecule has 1 aliphatic carbocycles. The lowest BCUT2D eigenvalue weighted by molar-refractivity contribution is -0.383. The molecule has 0 radical (unpaired) electrons. The highest BCUT2D eigenvalue weighted by molar-refractivity contribution is 7.90. The van der Waals surface area contributed by atoms with E-state index in [1.165, 1.54) is 22.8 Å². The summed E-state index contributed by atoms with van der Waals surface area (Å²) in [4.78, 5) is 45.8. The lowest BCUT2D eigenvalue weighted by Crippen LogP contribution is -2.47. The Balaban J connectivity index is 0.946. The fraction of sp³-hybridized carbons (Fsp3) is 0.388. The van der Waals surface area contributed by atoms with E-state index < -0.39 is 31.4 Å². The molecular weight excluding hydrogens is 894 g/mol. The van der Waals surface area contributed by atoms with Crippen LogP contribution in [0.2, 0.25) is 5.02 Å². The van der Waals surface area contributed by atoms with Crippen molar-refractivity contribution in [3.8, 4) is 5.88 Å². The monoisotopic (exact) mass is 947 g/mol. The summed E-state index contributed by atoms with van der Waals surface area (Å²) in [6, 6.07) is 21.6. The van der Waals surface area contributed by atoms with E-state index >= 15 is 0 Å². The summed E-state index contributed by atoms with van der Waals surface area (Å²) in [5.41, 5.74) is 7.59. The van der Waals surface area contributed by atoms with Crippen LogP contribution >= 0.6 is 11.6 Å². The van der Waals surface area contributed by atoms with Crippen LogP contribution in [-0.2, 0) is 21.3 Å². The molecule has 350 valence electrons. The number of nitro benzene ring substituents is 1. The van der Waals surface area contributed by atoms with Crippen LogP contribution in [0.5, 0.6) is 5.88 Å². The number of sulfonamides is 1. The Labute approximate surface area is 394 Å². The maximum absolute atomic E-state index is 14.5. The Morgan fingerprint density at radius 3 is 2.46 bits per heavy atom. The first-order valence-corrected chi connectivity index (χ1v) is 24.7. The number of nitrogens with one attached hydrogen (secondary N) is 3. The van der Waals surface area contributed by atoms with Crippen LogP contribution < -0.4 is 19.3 Å². The molecule has 16 nitrogen and oxygen atoms in total. The number of nitro groups is 1. The van der Waals surface area contributed by atoms with E-state index in [0.29, 0.717) is 73.4 Å². The molecule has 6 aromatic rings. The summed E-state index contributed by atoms with van der Waals surface area (Å²) in [6.45, 7) is 14.0. The standard InChI is InChI=1S/C49H54ClN9O7S/c1-31-28-58(44-24-33-11-13-51-46(33)53-48(44)66-31)42-25-38(57-16-14-55(15-17-57)29-34-10-12-49(2,3)27-41(34)32-4-6-36(50)7-5-32)8-9-40(42)47(60)54-67(63,64)39-23-35-22-37(30-56-18-20-65-21-19-56)52-45(35)43(26-39)59(61)62/h4-9,11,13,22-26,31,52H,10,12,14-21,27-30H2,1-3H3,(H,51,53)(H,54,60). The van der Waals surface area contributed by atoms with E-state index in [2.05, 4.69) is 55.4 Å². The zero-order valence-electron chi connectivity index (χ0n) is 37.8. The number of rotatable bonds is 11. The quantitative estimate of drug-likeness (QED) is 0.0837. The van der Waals surface area contributed by atoms with Crippen molar-refractivity contribution >= 4 is 77.8 Å². The predicted octanol–water partition coefficient (Wildman–Crippen LogP) is 8.26. The summed E-state index contributed by atoms with van der Waals surface area (Å²) in [5.74, 6) is -0.502. The van der Waals surface area contributed by atoms with Gasteiger partial charge < -0.3 is 29.2 Å². The second-order valence-electron chi connectivity index (χ2n) is 18.9. The number of morpholine rings is 1. The number of amides is 1. The van der Waals surface area contributed by atoms with Gasteiger partial charge in [0, 0.05) is 91.8 Å². The summed E-state index contributed by atoms with van der Waals surface area (Å²) in [7, 11) is -4.62. The summed E-state index contributed by atoms with van der Waals surface area (Å²) >= 11 is 6.28. The second kappa shape index (κ2) is 17.9. The number of carbonyl (C=O) groups excluding carboxylic acids is 1. The van der Waals surface area contributed by atoms with E-state index in [1.807, 2.05) is 48.2 Å². The molecule has 3 aromatic carbocycles. The summed E-state index contributed by atoms with van der Waals surface area (Å²) in [6.07, 6.45) is 4.66. The van der Waals surface area contributed by atoms with Crippen molar-refractivity contribution in [1.29, 1.82) is 0 Å². The molecule has 18 heteroatoms. The number of hydrogen-bond acceptors (Lipinski definition) is 12. The molecule has 0 bridgehead atoms. The Morgan fingerprint density at radius 1 is 0.940 bits per heavy atom. The molecule has 3 N–H and O–H groups in total. The van der Waals surface area contributed by atoms with Gasteiger partial charge in [-0.1, -0.05) is 43.2 Å². The first kappa shape index (κ1) is 44.8. The third-order valence-electron chi connectivity index (χ3n) is 13.5. The largest absolute Gasteiger partial charge is 0.471 e. The Hall–Kier alpha value is -5.98. The number of fused-ring (bicyclic) bond motifs is 3. The van der Waals surface area contributed by atoms with Gasteiger partial charge in [-0.05, 0) is 97.3 Å². The van der Waals surface area contributed by atoms with Crippen molar-refractivity contribution < 1.29 is 27.6 Å². The number of carbonyl (C=O) groups is 1. The zero-order valence-corrected chi connectivity index (χ0v) is 39.4. The molecule has 10 rings (SSSR count). The highest BCUT2D eigenvalue weighted by atomic mass is 35.5. The smallest absolute Gasteiger partial charge is 0.294 e. The van der Waals surface area contributed by atoms with E-state index in [4.69, 9.17) is 26.1 Å². The second-order valence-corrected chi connectivity index (χ2v) is 21.1. The molecule has 0 spiro atoms. The van der Waals surface area contributed by atoms with E-state index in [1.54, 1.807) is 18.3 Å². The number of pyridine rings is 1. The molecule has 2 saturated heterocycles. The minimum absolute atomic E-state index is 0.104. The molecule has 3 aliphatic heterocycles. The number of aromatic amines is 2. The first-order valence-electron chi connectivity index (χ1n) is 22.8.